The molecule has 3 nitrogen and oxygen atoms in total. The van der Waals surface area contributed by atoms with Crippen molar-refractivity contribution in [2.45, 2.75) is 32.2 Å². The molecule has 2 N–H and O–H groups in total. The van der Waals surface area contributed by atoms with Crippen molar-refractivity contribution < 1.29 is 9.90 Å². The fourth-order valence-corrected chi connectivity index (χ4v) is 2.34. The van der Waals surface area contributed by atoms with Gasteiger partial charge in [0, 0.05) is 5.92 Å². The Labute approximate surface area is 102 Å². The molecule has 0 heterocycles. The molecule has 0 spiro atoms. The third-order valence-corrected chi connectivity index (χ3v) is 3.48. The van der Waals surface area contributed by atoms with Gasteiger partial charge in [0.2, 0.25) is 5.91 Å². The van der Waals surface area contributed by atoms with Gasteiger partial charge in [-0.15, -0.1) is 0 Å². The molecule has 1 amide bonds. The van der Waals surface area contributed by atoms with Crippen LogP contribution in [0.2, 0.25) is 0 Å². The number of carbonyl (C=O) groups is 1. The van der Waals surface area contributed by atoms with Crippen LogP contribution in [0.15, 0.2) is 24.3 Å². The van der Waals surface area contributed by atoms with E-state index in [2.05, 4.69) is 17.4 Å². The molecule has 1 aliphatic rings. The minimum atomic E-state index is -0.105. The lowest BCUT2D eigenvalue weighted by Crippen LogP contribution is -2.40. The molecule has 1 unspecified atom stereocenters. The van der Waals surface area contributed by atoms with Gasteiger partial charge in [-0.1, -0.05) is 31.2 Å². The number of aliphatic hydroxyl groups excluding tert-OH is 1. The summed E-state index contributed by atoms with van der Waals surface area (Å²) >= 11 is 0. The van der Waals surface area contributed by atoms with Gasteiger partial charge in [0.15, 0.2) is 0 Å². The largest absolute Gasteiger partial charge is 0.394 e. The quantitative estimate of drug-likeness (QED) is 0.823. The zero-order chi connectivity index (χ0) is 12.3. The number of benzene rings is 1. The first-order valence-corrected chi connectivity index (χ1v) is 6.22. The summed E-state index contributed by atoms with van der Waals surface area (Å²) < 4.78 is 0. The molecule has 1 aromatic carbocycles. The Morgan fingerprint density at radius 3 is 2.47 bits per heavy atom. The van der Waals surface area contributed by atoms with Crippen LogP contribution in [0.25, 0.3) is 0 Å². The van der Waals surface area contributed by atoms with Crippen molar-refractivity contribution >= 4 is 5.91 Å². The smallest absolute Gasteiger partial charge is 0.224 e. The van der Waals surface area contributed by atoms with E-state index in [4.69, 9.17) is 5.11 Å². The Morgan fingerprint density at radius 2 is 2.00 bits per heavy atom. The highest BCUT2D eigenvalue weighted by atomic mass is 16.3. The molecule has 1 aromatic rings. The Hall–Kier alpha value is -1.35. The van der Waals surface area contributed by atoms with Crippen LogP contribution in [0, 0.1) is 5.92 Å². The minimum Gasteiger partial charge on any atom is -0.394 e. The molecule has 17 heavy (non-hydrogen) atoms. The number of fused-ring (bicyclic) bond motifs is 1. The molecule has 2 rings (SSSR count). The van der Waals surface area contributed by atoms with Crippen molar-refractivity contribution in [2.75, 3.05) is 6.61 Å². The van der Waals surface area contributed by atoms with E-state index < -0.39 is 0 Å². The molecule has 92 valence electrons. The number of rotatable bonds is 4. The summed E-state index contributed by atoms with van der Waals surface area (Å²) in [5.74, 6) is 0.107. The third kappa shape index (κ3) is 2.67. The fraction of sp³-hybridized carbons (Fsp3) is 0.500. The molecule has 0 saturated heterocycles. The Kier molecular flexibility index (Phi) is 3.79. The van der Waals surface area contributed by atoms with E-state index in [0.717, 1.165) is 19.3 Å². The lowest BCUT2D eigenvalue weighted by atomic mass is 10.0. The van der Waals surface area contributed by atoms with Gasteiger partial charge < -0.3 is 10.4 Å². The number of hydrogen-bond donors (Lipinski definition) is 2. The molecule has 0 saturated carbocycles. The van der Waals surface area contributed by atoms with Gasteiger partial charge in [-0.05, 0) is 30.4 Å². The minimum absolute atomic E-state index is 0.0158. The summed E-state index contributed by atoms with van der Waals surface area (Å²) in [6, 6.07) is 8.10. The van der Waals surface area contributed by atoms with Crippen LogP contribution in [0.1, 0.15) is 24.5 Å². The number of hydrogen-bond acceptors (Lipinski definition) is 2. The highest BCUT2D eigenvalue weighted by molar-refractivity contribution is 5.80. The number of aliphatic hydroxyl groups is 1. The summed E-state index contributed by atoms with van der Waals surface area (Å²) in [7, 11) is 0. The van der Waals surface area contributed by atoms with Gasteiger partial charge >= 0.3 is 0 Å². The number of nitrogens with one attached hydrogen (secondary N) is 1. The molecule has 1 atom stereocenters. The molecule has 1 aliphatic carbocycles. The zero-order valence-corrected chi connectivity index (χ0v) is 10.1. The molecular weight excluding hydrogens is 214 g/mol. The van der Waals surface area contributed by atoms with E-state index >= 15 is 0 Å². The van der Waals surface area contributed by atoms with Crippen LogP contribution in [-0.2, 0) is 17.6 Å². The van der Waals surface area contributed by atoms with Crippen LogP contribution in [0.5, 0.6) is 0 Å². The van der Waals surface area contributed by atoms with Crippen LogP contribution in [0.4, 0.5) is 0 Å². The van der Waals surface area contributed by atoms with Crippen molar-refractivity contribution in [3.8, 4) is 0 Å². The Morgan fingerprint density at radius 1 is 1.41 bits per heavy atom. The van der Waals surface area contributed by atoms with Crippen molar-refractivity contribution in [1.82, 2.24) is 5.32 Å². The van der Waals surface area contributed by atoms with Crippen LogP contribution >= 0.6 is 0 Å². The van der Waals surface area contributed by atoms with Gasteiger partial charge in [-0.2, -0.15) is 0 Å². The predicted octanol–water partition coefficient (Wildman–Crippen LogP) is 1.29. The molecule has 0 fully saturated rings. The highest BCUT2D eigenvalue weighted by Gasteiger charge is 2.27. The Balaban J connectivity index is 1.96. The first kappa shape index (κ1) is 12.1. The van der Waals surface area contributed by atoms with E-state index in [1.165, 1.54) is 11.1 Å². The molecule has 0 aromatic heterocycles. The summed E-state index contributed by atoms with van der Waals surface area (Å²) in [4.78, 5) is 12.0. The summed E-state index contributed by atoms with van der Waals surface area (Å²) in [5, 5.41) is 12.0. The highest BCUT2D eigenvalue weighted by Crippen LogP contribution is 2.26. The van der Waals surface area contributed by atoms with E-state index in [9.17, 15) is 4.79 Å². The lowest BCUT2D eigenvalue weighted by Gasteiger charge is -2.17. The Bertz CT molecular complexity index is 374. The topological polar surface area (TPSA) is 49.3 Å². The normalized spacial score (nSPS) is 16.6. The fourth-order valence-electron chi connectivity index (χ4n) is 2.34. The number of carbonyl (C=O) groups excluding carboxylic acids is 1. The maximum atomic E-state index is 12.0. The van der Waals surface area contributed by atoms with Crippen molar-refractivity contribution in [3.63, 3.8) is 0 Å². The molecule has 0 aliphatic heterocycles. The van der Waals surface area contributed by atoms with E-state index in [1.807, 2.05) is 19.1 Å². The number of amides is 1. The van der Waals surface area contributed by atoms with Crippen molar-refractivity contribution in [1.29, 1.82) is 0 Å². The van der Waals surface area contributed by atoms with Gasteiger partial charge in [0.1, 0.15) is 0 Å². The summed E-state index contributed by atoms with van der Waals surface area (Å²) in [6.45, 7) is 1.98. The second kappa shape index (κ2) is 5.32. The molecule has 0 radical (unpaired) electrons. The van der Waals surface area contributed by atoms with E-state index in [-0.39, 0.29) is 24.5 Å². The van der Waals surface area contributed by atoms with Crippen LogP contribution in [-0.4, -0.2) is 23.7 Å². The first-order chi connectivity index (χ1) is 8.24. The molecule has 0 bridgehead atoms. The monoisotopic (exact) mass is 233 g/mol. The maximum Gasteiger partial charge on any atom is 0.224 e. The average molecular weight is 233 g/mol. The standard InChI is InChI=1S/C14H19NO2/c1-2-13(9-16)15-14(17)12-7-10-5-3-4-6-11(10)8-12/h3-6,12-13,16H,2,7-9H2,1H3,(H,15,17). The SMILES string of the molecule is CCC(CO)NC(=O)C1Cc2ccccc2C1. The van der Waals surface area contributed by atoms with Gasteiger partial charge in [0.25, 0.3) is 0 Å². The predicted molar refractivity (Wildman–Crippen MR) is 66.6 cm³/mol. The first-order valence-electron chi connectivity index (χ1n) is 6.22. The molecule has 3 heteroatoms. The lowest BCUT2D eigenvalue weighted by molar-refractivity contribution is -0.125. The van der Waals surface area contributed by atoms with Crippen molar-refractivity contribution in [2.24, 2.45) is 5.92 Å². The second-order valence-electron chi connectivity index (χ2n) is 4.67. The zero-order valence-electron chi connectivity index (χ0n) is 10.1. The van der Waals surface area contributed by atoms with Gasteiger partial charge in [-0.25, -0.2) is 0 Å². The van der Waals surface area contributed by atoms with Crippen LogP contribution < -0.4 is 5.32 Å². The van der Waals surface area contributed by atoms with Gasteiger partial charge in [-0.3, -0.25) is 4.79 Å². The van der Waals surface area contributed by atoms with E-state index in [0.29, 0.717) is 0 Å². The van der Waals surface area contributed by atoms with Crippen LogP contribution in [0.3, 0.4) is 0 Å². The maximum absolute atomic E-state index is 12.0. The third-order valence-electron chi connectivity index (χ3n) is 3.48. The molecular formula is C14H19NO2. The average Bonchev–Trinajstić information content (AvgIpc) is 2.79. The van der Waals surface area contributed by atoms with Gasteiger partial charge in [0.05, 0.1) is 12.6 Å². The summed E-state index contributed by atoms with van der Waals surface area (Å²) in [6.07, 6.45) is 2.41. The van der Waals surface area contributed by atoms with Crippen molar-refractivity contribution in [3.05, 3.63) is 35.4 Å². The summed E-state index contributed by atoms with van der Waals surface area (Å²) in [5.41, 5.74) is 2.56. The second-order valence-corrected chi connectivity index (χ2v) is 4.67. The van der Waals surface area contributed by atoms with E-state index in [1.54, 1.807) is 0 Å².